The predicted molar refractivity (Wildman–Crippen MR) is 62.5 cm³/mol. The number of nitrogens with zero attached hydrogens (tertiary/aromatic N) is 2. The highest BCUT2D eigenvalue weighted by atomic mass is 79.9. The van der Waals surface area contributed by atoms with Gasteiger partial charge in [-0.25, -0.2) is 0 Å². The van der Waals surface area contributed by atoms with Crippen molar-refractivity contribution in [2.75, 3.05) is 5.73 Å². The molecule has 0 amide bonds. The molecule has 0 fully saturated rings. The molecule has 2 heterocycles. The third-order valence-corrected chi connectivity index (χ3v) is 3.68. The van der Waals surface area contributed by atoms with E-state index in [9.17, 15) is 0 Å². The van der Waals surface area contributed by atoms with Gasteiger partial charge in [0, 0.05) is 4.88 Å². The van der Waals surface area contributed by atoms with Gasteiger partial charge in [-0.05, 0) is 35.0 Å². The van der Waals surface area contributed by atoms with Gasteiger partial charge < -0.3 is 5.73 Å². The Morgan fingerprint density at radius 1 is 1.57 bits per heavy atom. The average molecular weight is 272 g/mol. The Labute approximate surface area is 94.7 Å². The van der Waals surface area contributed by atoms with Crippen LogP contribution in [0.25, 0.3) is 0 Å². The maximum Gasteiger partial charge on any atom is 0.0756 e. The molecule has 0 radical (unpaired) electrons. The summed E-state index contributed by atoms with van der Waals surface area (Å²) in [4.78, 5) is 1.27. The van der Waals surface area contributed by atoms with Gasteiger partial charge in [-0.3, -0.25) is 4.68 Å². The number of aromatic nitrogens is 2. The van der Waals surface area contributed by atoms with E-state index in [4.69, 9.17) is 5.73 Å². The third kappa shape index (κ3) is 1.83. The summed E-state index contributed by atoms with van der Waals surface area (Å²) in [6.07, 6.45) is 1.69. The van der Waals surface area contributed by atoms with E-state index < -0.39 is 0 Å². The zero-order valence-electron chi connectivity index (χ0n) is 7.70. The van der Waals surface area contributed by atoms with E-state index in [1.54, 1.807) is 17.5 Å². The van der Waals surface area contributed by atoms with Crippen LogP contribution in [0.4, 0.5) is 5.69 Å². The van der Waals surface area contributed by atoms with Crippen LogP contribution < -0.4 is 5.73 Å². The monoisotopic (exact) mass is 271 g/mol. The van der Waals surface area contributed by atoms with Crippen LogP contribution in [0.2, 0.25) is 0 Å². The molecular formula is C9H10BrN3S. The van der Waals surface area contributed by atoms with Crippen molar-refractivity contribution in [2.45, 2.75) is 13.5 Å². The predicted octanol–water partition coefficient (Wildman–Crippen LogP) is 2.65. The fourth-order valence-corrected chi connectivity index (χ4v) is 2.67. The lowest BCUT2D eigenvalue weighted by molar-refractivity contribution is 0.673. The summed E-state index contributed by atoms with van der Waals surface area (Å²) >= 11 is 5.15. The maximum absolute atomic E-state index is 5.71. The molecule has 0 unspecified atom stereocenters. The lowest BCUT2D eigenvalue weighted by Gasteiger charge is -2.01. The molecule has 5 heteroatoms. The van der Waals surface area contributed by atoms with E-state index in [0.29, 0.717) is 0 Å². The molecule has 74 valence electrons. The van der Waals surface area contributed by atoms with E-state index >= 15 is 0 Å². The minimum Gasteiger partial charge on any atom is -0.396 e. The first kappa shape index (κ1) is 9.73. The summed E-state index contributed by atoms with van der Waals surface area (Å²) in [5.41, 5.74) is 7.48. The molecule has 0 saturated carbocycles. The molecule has 0 spiro atoms. The van der Waals surface area contributed by atoms with Gasteiger partial charge in [-0.1, -0.05) is 0 Å². The van der Waals surface area contributed by atoms with Crippen LogP contribution >= 0.6 is 27.3 Å². The lowest BCUT2D eigenvalue weighted by Crippen LogP contribution is -2.02. The normalized spacial score (nSPS) is 10.7. The van der Waals surface area contributed by atoms with E-state index in [0.717, 1.165) is 21.7 Å². The van der Waals surface area contributed by atoms with Crippen LogP contribution in [0.5, 0.6) is 0 Å². The van der Waals surface area contributed by atoms with Crippen molar-refractivity contribution < 1.29 is 0 Å². The quantitative estimate of drug-likeness (QED) is 0.913. The Bertz CT molecular complexity index is 447. The van der Waals surface area contributed by atoms with Gasteiger partial charge in [-0.15, -0.1) is 11.3 Å². The van der Waals surface area contributed by atoms with Gasteiger partial charge in [0.2, 0.25) is 0 Å². The minimum absolute atomic E-state index is 0.751. The van der Waals surface area contributed by atoms with Gasteiger partial charge in [-0.2, -0.15) is 5.10 Å². The molecule has 0 bridgehead atoms. The van der Waals surface area contributed by atoms with E-state index in [1.807, 2.05) is 17.7 Å². The van der Waals surface area contributed by atoms with E-state index in [-0.39, 0.29) is 0 Å². The van der Waals surface area contributed by atoms with E-state index in [1.165, 1.54) is 4.88 Å². The summed E-state index contributed by atoms with van der Waals surface area (Å²) in [5.74, 6) is 0. The second kappa shape index (κ2) is 3.74. The van der Waals surface area contributed by atoms with Crippen LogP contribution in [0.3, 0.4) is 0 Å². The number of halogens is 1. The number of nitrogens with two attached hydrogens (primary N) is 1. The molecule has 2 aromatic rings. The van der Waals surface area contributed by atoms with Crippen LogP contribution in [0.1, 0.15) is 10.6 Å². The van der Waals surface area contributed by atoms with Gasteiger partial charge in [0.15, 0.2) is 0 Å². The van der Waals surface area contributed by atoms with Gasteiger partial charge in [0.1, 0.15) is 0 Å². The number of hydrogen-bond donors (Lipinski definition) is 1. The maximum atomic E-state index is 5.71. The molecule has 0 aliphatic heterocycles. The van der Waals surface area contributed by atoms with Crippen LogP contribution in [-0.2, 0) is 6.54 Å². The molecule has 0 aromatic carbocycles. The number of thiophene rings is 1. The first-order chi connectivity index (χ1) is 6.66. The van der Waals surface area contributed by atoms with Crippen molar-refractivity contribution in [3.8, 4) is 0 Å². The number of nitrogen functional groups attached to an aromatic ring is 1. The Morgan fingerprint density at radius 2 is 2.36 bits per heavy atom. The molecule has 0 aliphatic carbocycles. The zero-order chi connectivity index (χ0) is 10.1. The number of hydrogen-bond acceptors (Lipinski definition) is 3. The fraction of sp³-hybridized carbons (Fsp3) is 0.222. The van der Waals surface area contributed by atoms with Gasteiger partial charge in [0.05, 0.1) is 27.9 Å². The van der Waals surface area contributed by atoms with Crippen molar-refractivity contribution in [2.24, 2.45) is 0 Å². The van der Waals surface area contributed by atoms with Crippen LogP contribution in [0.15, 0.2) is 22.1 Å². The highest BCUT2D eigenvalue weighted by molar-refractivity contribution is 9.11. The van der Waals surface area contributed by atoms with Crippen LogP contribution in [-0.4, -0.2) is 9.78 Å². The van der Waals surface area contributed by atoms with Gasteiger partial charge >= 0.3 is 0 Å². The first-order valence-electron chi connectivity index (χ1n) is 4.19. The molecule has 0 aliphatic rings. The van der Waals surface area contributed by atoms with Crippen molar-refractivity contribution in [3.63, 3.8) is 0 Å². The third-order valence-electron chi connectivity index (χ3n) is 2.08. The fourth-order valence-electron chi connectivity index (χ4n) is 1.20. The second-order valence-corrected chi connectivity index (χ2v) is 5.60. The molecule has 0 saturated heterocycles. The smallest absolute Gasteiger partial charge is 0.0756 e. The highest BCUT2D eigenvalue weighted by Crippen LogP contribution is 2.23. The SMILES string of the molecule is Cc1c(N)cnn1Cc1ccc(Br)s1. The van der Waals surface area contributed by atoms with Crippen molar-refractivity contribution in [3.05, 3.63) is 32.7 Å². The summed E-state index contributed by atoms with van der Waals surface area (Å²) in [6, 6.07) is 4.13. The lowest BCUT2D eigenvalue weighted by atomic mass is 10.4. The Morgan fingerprint density at radius 3 is 2.86 bits per heavy atom. The molecular weight excluding hydrogens is 262 g/mol. The average Bonchev–Trinajstić information content (AvgIpc) is 2.67. The molecule has 2 N–H and O–H groups in total. The summed E-state index contributed by atoms with van der Waals surface area (Å²) in [7, 11) is 0. The zero-order valence-corrected chi connectivity index (χ0v) is 10.1. The molecule has 3 nitrogen and oxygen atoms in total. The number of rotatable bonds is 2. The molecule has 14 heavy (non-hydrogen) atoms. The minimum atomic E-state index is 0.751. The topological polar surface area (TPSA) is 43.8 Å². The Kier molecular flexibility index (Phi) is 2.60. The van der Waals surface area contributed by atoms with E-state index in [2.05, 4.69) is 27.1 Å². The van der Waals surface area contributed by atoms with Gasteiger partial charge in [0.25, 0.3) is 0 Å². The van der Waals surface area contributed by atoms with Crippen molar-refractivity contribution in [1.82, 2.24) is 9.78 Å². The molecule has 2 rings (SSSR count). The van der Waals surface area contributed by atoms with Crippen LogP contribution in [0, 0.1) is 6.92 Å². The molecule has 0 atom stereocenters. The summed E-state index contributed by atoms with van der Waals surface area (Å²) in [6.45, 7) is 2.77. The second-order valence-electron chi connectivity index (χ2n) is 3.05. The Hall–Kier alpha value is -0.810. The standard InChI is InChI=1S/C9H10BrN3S/c1-6-8(11)4-12-13(6)5-7-2-3-9(10)14-7/h2-4H,5,11H2,1H3. The summed E-state index contributed by atoms with van der Waals surface area (Å²) < 4.78 is 3.05. The first-order valence-corrected chi connectivity index (χ1v) is 5.80. The number of anilines is 1. The van der Waals surface area contributed by atoms with Crippen molar-refractivity contribution >= 4 is 33.0 Å². The Balaban J connectivity index is 2.22. The van der Waals surface area contributed by atoms with Crippen molar-refractivity contribution in [1.29, 1.82) is 0 Å². The highest BCUT2D eigenvalue weighted by Gasteiger charge is 2.04. The summed E-state index contributed by atoms with van der Waals surface area (Å²) in [5, 5.41) is 4.20. The molecule has 2 aromatic heterocycles. The largest absolute Gasteiger partial charge is 0.396 e.